The summed E-state index contributed by atoms with van der Waals surface area (Å²) in [7, 11) is 0. The van der Waals surface area contributed by atoms with Crippen LogP contribution in [-0.4, -0.2) is 155 Å². The fourth-order valence-corrected chi connectivity index (χ4v) is 21.3. The quantitative estimate of drug-likeness (QED) is 0.0339. The van der Waals surface area contributed by atoms with Gasteiger partial charge in [0.1, 0.15) is 12.1 Å². The van der Waals surface area contributed by atoms with Crippen LogP contribution in [0.25, 0.3) is 0 Å². The molecular weight excluding hydrogens is 1110 g/mol. The van der Waals surface area contributed by atoms with Crippen molar-refractivity contribution in [2.45, 2.75) is 270 Å². The number of carbonyl (C=O) groups excluding carboxylic acids is 4. The van der Waals surface area contributed by atoms with Crippen molar-refractivity contribution in [3.8, 4) is 0 Å². The highest BCUT2D eigenvalue weighted by molar-refractivity contribution is 5.88. The summed E-state index contributed by atoms with van der Waals surface area (Å²) in [6, 6.07) is -1.25. The number of nitrogens with one attached hydrogen (secondary N) is 6. The van der Waals surface area contributed by atoms with Crippen molar-refractivity contribution in [2.24, 2.45) is 104 Å². The predicted octanol–water partition coefficient (Wildman–Crippen LogP) is 5.94. The third kappa shape index (κ3) is 16.0. The molecule has 0 aromatic heterocycles. The molecule has 0 heterocycles. The van der Waals surface area contributed by atoms with E-state index >= 15 is 0 Å². The van der Waals surface area contributed by atoms with Crippen LogP contribution in [0.4, 0.5) is 0 Å². The number of hydrogen-bond donors (Lipinski definition) is 14. The molecule has 8 fully saturated rings. The van der Waals surface area contributed by atoms with E-state index in [4.69, 9.17) is 11.5 Å². The second-order valence-electron chi connectivity index (χ2n) is 31.4. The van der Waals surface area contributed by atoms with Crippen molar-refractivity contribution in [1.82, 2.24) is 31.9 Å². The molecule has 0 aromatic carbocycles. The first-order valence-corrected chi connectivity index (χ1v) is 36.1. The van der Waals surface area contributed by atoms with Gasteiger partial charge in [0.15, 0.2) is 0 Å². The normalized spacial score (nSPS) is 39.7. The van der Waals surface area contributed by atoms with Crippen LogP contribution in [-0.2, 0) is 19.2 Å². The van der Waals surface area contributed by atoms with Crippen LogP contribution in [0.5, 0.6) is 0 Å². The van der Waals surface area contributed by atoms with Crippen molar-refractivity contribution in [1.29, 1.82) is 0 Å². The minimum absolute atomic E-state index is 0.0262. The summed E-state index contributed by atoms with van der Waals surface area (Å²) in [5.41, 5.74) is 11.0. The summed E-state index contributed by atoms with van der Waals surface area (Å²) < 4.78 is 0. The Hall–Kier alpha value is -2.52. The molecule has 0 saturated heterocycles. The number of amides is 4. The van der Waals surface area contributed by atoms with Gasteiger partial charge in [-0.3, -0.25) is 19.2 Å². The lowest BCUT2D eigenvalue weighted by molar-refractivity contribution is -0.207. The second kappa shape index (κ2) is 32.1. The Bertz CT molecular complexity index is 2080. The SMILES string of the molecule is C[C@H](CCC(=O)N[C@@H](CCCCN)C(=O)NCCCNCCCCNCCCNC(=O)[C@H](CCCCN)NC(=O)CC[C@@H](C)[C@H]1CC[C@H]2[C@@H]3[C@H](O)CC4C[C@H](O)CC[C@]4(C)[C@H]3C[C@H](O)[C@]12C)[C@H]1CC[C@H]2[C@@H]3[C@H](O)CC4C[C@H](O)CC[C@]4(C)[C@H]3C[C@H](O)[C@]12C. The standard InChI is InChI=1S/C70H126N8O10/c1-43(49-19-21-51-63-53(41-59(83)69(49,51)5)67(3)27-25-47(79)37-45(67)39-57(63)81)17-23-61(85)77-55(15-7-9-29-71)65(87)75-35-13-33-73-31-11-12-32-74-34-14-36-76-66(88)56(16-8-10-30-72)78-62(86)24-18-44(2)50-20-22-52-64-54(42-60(84)70(50,52)6)68(4)28-26-48(80)38-46(68)40-58(64)82/h43-60,63-64,73-74,79-84H,7-42,71-72H2,1-6H3,(H,75,87)(H,76,88)(H,77,85)(H,78,86)/t43-,44-,45?,46?,47-,48-,49-,50-,51+,52+,53+,54+,55+,56+,57-,58-,59+,60+,63+,64+,67+,68+,69-,70-/m1/s1. The van der Waals surface area contributed by atoms with E-state index in [-0.39, 0.29) is 129 Å². The van der Waals surface area contributed by atoms with Crippen molar-refractivity contribution in [3.05, 3.63) is 0 Å². The maximum absolute atomic E-state index is 13.5. The first-order valence-electron chi connectivity index (χ1n) is 36.1. The summed E-state index contributed by atoms with van der Waals surface area (Å²) in [6.07, 6.45) is 18.9. The molecule has 18 nitrogen and oxygen atoms in total. The van der Waals surface area contributed by atoms with E-state index in [0.717, 1.165) is 155 Å². The average molecular weight is 1240 g/mol. The van der Waals surface area contributed by atoms with Crippen LogP contribution in [0.15, 0.2) is 0 Å². The Labute approximate surface area is 529 Å². The number of unbranched alkanes of at least 4 members (excludes halogenated alkanes) is 3. The molecule has 0 aliphatic heterocycles. The van der Waals surface area contributed by atoms with Crippen molar-refractivity contribution < 1.29 is 49.8 Å². The molecule has 18 heteroatoms. The number of rotatable bonds is 33. The van der Waals surface area contributed by atoms with Gasteiger partial charge in [0.05, 0.1) is 36.6 Å². The van der Waals surface area contributed by atoms with Crippen LogP contribution >= 0.6 is 0 Å². The van der Waals surface area contributed by atoms with Crippen LogP contribution in [0.3, 0.4) is 0 Å². The maximum Gasteiger partial charge on any atom is 0.242 e. The molecule has 0 spiro atoms. The van der Waals surface area contributed by atoms with Gasteiger partial charge in [-0.2, -0.15) is 0 Å². The van der Waals surface area contributed by atoms with Crippen molar-refractivity contribution >= 4 is 23.6 Å². The van der Waals surface area contributed by atoms with E-state index in [1.807, 2.05) is 0 Å². The highest BCUT2D eigenvalue weighted by atomic mass is 16.3. The van der Waals surface area contributed by atoms with E-state index in [1.165, 1.54) is 0 Å². The zero-order valence-electron chi connectivity index (χ0n) is 55.5. The Balaban J connectivity index is 0.664. The minimum atomic E-state index is -0.624. The highest BCUT2D eigenvalue weighted by Gasteiger charge is 2.67. The molecule has 0 bridgehead atoms. The van der Waals surface area contributed by atoms with E-state index < -0.39 is 36.5 Å². The molecule has 8 saturated carbocycles. The topological polar surface area (TPSA) is 314 Å². The van der Waals surface area contributed by atoms with Gasteiger partial charge in [-0.25, -0.2) is 0 Å². The lowest BCUT2D eigenvalue weighted by Gasteiger charge is -2.63. The molecule has 0 radical (unpaired) electrons. The maximum atomic E-state index is 13.5. The summed E-state index contributed by atoms with van der Waals surface area (Å²) in [4.78, 5) is 54.0. The molecule has 88 heavy (non-hydrogen) atoms. The van der Waals surface area contributed by atoms with Crippen molar-refractivity contribution in [2.75, 3.05) is 52.4 Å². The van der Waals surface area contributed by atoms with E-state index in [1.54, 1.807) is 0 Å². The molecule has 2 unspecified atom stereocenters. The Morgan fingerprint density at radius 3 is 1.23 bits per heavy atom. The lowest BCUT2D eigenvalue weighted by Crippen LogP contribution is -2.62. The number of carbonyl (C=O) groups is 4. The molecule has 8 aliphatic carbocycles. The van der Waals surface area contributed by atoms with Gasteiger partial charge < -0.3 is 74.0 Å². The predicted molar refractivity (Wildman–Crippen MR) is 345 cm³/mol. The monoisotopic (exact) mass is 1240 g/mol. The lowest BCUT2D eigenvalue weighted by atomic mass is 9.43. The van der Waals surface area contributed by atoms with Crippen LogP contribution in [0.1, 0.15) is 221 Å². The second-order valence-corrected chi connectivity index (χ2v) is 31.4. The molecule has 506 valence electrons. The molecule has 4 amide bonds. The Morgan fingerprint density at radius 2 is 0.841 bits per heavy atom. The molecule has 24 atom stereocenters. The van der Waals surface area contributed by atoms with Gasteiger partial charge in [0.2, 0.25) is 23.6 Å². The van der Waals surface area contributed by atoms with Crippen LogP contribution < -0.4 is 43.4 Å². The average Bonchev–Trinajstić information content (AvgIpc) is 1.30. The van der Waals surface area contributed by atoms with Crippen LogP contribution in [0.2, 0.25) is 0 Å². The van der Waals surface area contributed by atoms with Gasteiger partial charge in [-0.1, -0.05) is 41.5 Å². The first kappa shape index (κ1) is 71.3. The number of fused-ring (bicyclic) bond motifs is 10. The molecule has 8 rings (SSSR count). The minimum Gasteiger partial charge on any atom is -0.393 e. The number of hydrogen-bond acceptors (Lipinski definition) is 14. The number of nitrogens with two attached hydrogens (primary N) is 2. The molecule has 0 aromatic rings. The summed E-state index contributed by atoms with van der Waals surface area (Å²) >= 11 is 0. The van der Waals surface area contributed by atoms with E-state index in [2.05, 4.69) is 73.4 Å². The smallest absolute Gasteiger partial charge is 0.242 e. The Kier molecular flexibility index (Phi) is 26.0. The van der Waals surface area contributed by atoms with Gasteiger partial charge >= 0.3 is 0 Å². The number of aliphatic hydroxyl groups is 6. The zero-order valence-corrected chi connectivity index (χ0v) is 55.5. The van der Waals surface area contributed by atoms with Gasteiger partial charge in [-0.15, -0.1) is 0 Å². The first-order chi connectivity index (χ1) is 42.0. The zero-order chi connectivity index (χ0) is 63.6. The Morgan fingerprint density at radius 1 is 0.455 bits per heavy atom. The highest BCUT2D eigenvalue weighted by Crippen LogP contribution is 2.70. The largest absolute Gasteiger partial charge is 0.393 e. The third-order valence-corrected chi connectivity index (χ3v) is 26.5. The van der Waals surface area contributed by atoms with Crippen LogP contribution in [0, 0.1) is 92.7 Å². The van der Waals surface area contributed by atoms with Gasteiger partial charge in [-0.05, 0) is 299 Å². The summed E-state index contributed by atoms with van der Waals surface area (Å²) in [6.45, 7) is 18.9. The number of aliphatic hydroxyl groups excluding tert-OH is 6. The third-order valence-electron chi connectivity index (χ3n) is 26.5. The summed E-state index contributed by atoms with van der Waals surface area (Å²) in [5, 5.41) is 87.7. The van der Waals surface area contributed by atoms with E-state index in [0.29, 0.717) is 77.5 Å². The van der Waals surface area contributed by atoms with E-state index in [9.17, 15) is 49.8 Å². The molecular formula is C70H126N8O10. The van der Waals surface area contributed by atoms with Gasteiger partial charge in [0.25, 0.3) is 0 Å². The molecule has 16 N–H and O–H groups in total. The fraction of sp³-hybridized carbons (Fsp3) is 0.943. The van der Waals surface area contributed by atoms with Crippen molar-refractivity contribution in [3.63, 3.8) is 0 Å². The van der Waals surface area contributed by atoms with Gasteiger partial charge in [0, 0.05) is 25.9 Å². The fourth-order valence-electron chi connectivity index (χ4n) is 21.3. The molecule has 8 aliphatic rings. The summed E-state index contributed by atoms with van der Waals surface area (Å²) in [5.74, 6) is 2.07.